The minimum absolute atomic E-state index is 0.284. The van der Waals surface area contributed by atoms with Crippen LogP contribution in [0.15, 0.2) is 12.1 Å². The highest BCUT2D eigenvalue weighted by Gasteiger charge is 2.19. The van der Waals surface area contributed by atoms with Crippen molar-refractivity contribution >= 4 is 0 Å². The maximum absolute atomic E-state index is 13.8. The number of rotatable bonds is 6. The van der Waals surface area contributed by atoms with Gasteiger partial charge in [-0.05, 0) is 43.2 Å². The van der Waals surface area contributed by atoms with Gasteiger partial charge in [-0.15, -0.1) is 0 Å². The topological polar surface area (TPSA) is 38.0 Å². The van der Waals surface area contributed by atoms with E-state index >= 15 is 0 Å². The van der Waals surface area contributed by atoms with E-state index in [9.17, 15) is 8.78 Å². The fourth-order valence-electron chi connectivity index (χ4n) is 2.53. The Balaban J connectivity index is 2.88. The standard InChI is InChI=1S/C15H24F2N2/c1-9(2)5-10(3)6-15(19-18)12-7-11(4)13(16)8-14(12)17/h7-10,15,19H,5-6,18H2,1-4H3. The smallest absolute Gasteiger partial charge is 0.130 e. The Hall–Kier alpha value is -1.00. The van der Waals surface area contributed by atoms with Crippen molar-refractivity contribution < 1.29 is 8.78 Å². The molecular formula is C15H24F2N2. The molecule has 0 aliphatic carbocycles. The van der Waals surface area contributed by atoms with Crippen molar-refractivity contribution in [2.24, 2.45) is 17.7 Å². The lowest BCUT2D eigenvalue weighted by Crippen LogP contribution is -2.30. The number of nitrogens with two attached hydrogens (primary N) is 1. The van der Waals surface area contributed by atoms with Crippen LogP contribution in [0.1, 0.15) is 50.8 Å². The summed E-state index contributed by atoms with van der Waals surface area (Å²) in [5, 5.41) is 0. The molecule has 0 fully saturated rings. The highest BCUT2D eigenvalue weighted by Crippen LogP contribution is 2.27. The van der Waals surface area contributed by atoms with Gasteiger partial charge in [0.2, 0.25) is 0 Å². The van der Waals surface area contributed by atoms with E-state index in [0.29, 0.717) is 23.0 Å². The Morgan fingerprint density at radius 2 is 1.74 bits per heavy atom. The summed E-state index contributed by atoms with van der Waals surface area (Å²) in [6, 6.07) is 2.19. The first-order chi connectivity index (χ1) is 8.85. The molecule has 0 heterocycles. The van der Waals surface area contributed by atoms with E-state index in [2.05, 4.69) is 26.2 Å². The molecule has 0 saturated carbocycles. The van der Waals surface area contributed by atoms with E-state index in [-0.39, 0.29) is 6.04 Å². The molecular weight excluding hydrogens is 246 g/mol. The molecule has 0 aromatic heterocycles. The molecule has 1 rings (SSSR count). The summed E-state index contributed by atoms with van der Waals surface area (Å²) < 4.78 is 27.1. The summed E-state index contributed by atoms with van der Waals surface area (Å²) in [6.45, 7) is 8.07. The minimum Gasteiger partial charge on any atom is -0.271 e. The van der Waals surface area contributed by atoms with E-state index in [1.807, 2.05) is 0 Å². The number of benzene rings is 1. The lowest BCUT2D eigenvalue weighted by molar-refractivity contribution is 0.352. The van der Waals surface area contributed by atoms with Gasteiger partial charge in [0.15, 0.2) is 0 Å². The molecule has 19 heavy (non-hydrogen) atoms. The van der Waals surface area contributed by atoms with Crippen molar-refractivity contribution in [2.45, 2.75) is 46.6 Å². The number of aryl methyl sites for hydroxylation is 1. The van der Waals surface area contributed by atoms with Gasteiger partial charge in [-0.1, -0.05) is 20.8 Å². The molecule has 0 aliphatic rings. The zero-order valence-electron chi connectivity index (χ0n) is 12.1. The summed E-state index contributed by atoms with van der Waals surface area (Å²) in [5.41, 5.74) is 3.53. The van der Waals surface area contributed by atoms with Crippen molar-refractivity contribution in [3.8, 4) is 0 Å². The Morgan fingerprint density at radius 3 is 2.26 bits per heavy atom. The quantitative estimate of drug-likeness (QED) is 0.608. The minimum atomic E-state index is -0.539. The van der Waals surface area contributed by atoms with Crippen LogP contribution in [0.4, 0.5) is 8.78 Å². The lowest BCUT2D eigenvalue weighted by atomic mass is 9.89. The molecule has 0 saturated heterocycles. The number of hydrogen-bond acceptors (Lipinski definition) is 2. The highest BCUT2D eigenvalue weighted by atomic mass is 19.1. The van der Waals surface area contributed by atoms with Crippen LogP contribution >= 0.6 is 0 Å². The molecule has 1 aromatic rings. The van der Waals surface area contributed by atoms with Gasteiger partial charge in [0.05, 0.1) is 0 Å². The van der Waals surface area contributed by atoms with E-state index in [0.717, 1.165) is 18.9 Å². The third kappa shape index (κ3) is 4.55. The predicted octanol–water partition coefficient (Wildman–Crippen LogP) is 3.85. The van der Waals surface area contributed by atoms with Crippen molar-refractivity contribution in [1.29, 1.82) is 0 Å². The second-order valence-corrected chi connectivity index (χ2v) is 5.81. The number of hydrazine groups is 1. The number of nitrogens with one attached hydrogen (secondary N) is 1. The van der Waals surface area contributed by atoms with Crippen molar-refractivity contribution in [3.05, 3.63) is 34.9 Å². The van der Waals surface area contributed by atoms with Crippen molar-refractivity contribution in [2.75, 3.05) is 0 Å². The van der Waals surface area contributed by atoms with Crippen LogP contribution in [0.5, 0.6) is 0 Å². The maximum atomic E-state index is 13.8. The van der Waals surface area contributed by atoms with Crippen LogP contribution < -0.4 is 11.3 Å². The molecule has 0 amide bonds. The van der Waals surface area contributed by atoms with Gasteiger partial charge in [-0.2, -0.15) is 0 Å². The molecule has 3 N–H and O–H groups in total. The Bertz CT molecular complexity index is 419. The van der Waals surface area contributed by atoms with Gasteiger partial charge < -0.3 is 0 Å². The van der Waals surface area contributed by atoms with Gasteiger partial charge >= 0.3 is 0 Å². The molecule has 108 valence electrons. The van der Waals surface area contributed by atoms with Gasteiger partial charge in [-0.3, -0.25) is 11.3 Å². The highest BCUT2D eigenvalue weighted by molar-refractivity contribution is 5.28. The summed E-state index contributed by atoms with van der Waals surface area (Å²) in [4.78, 5) is 0. The largest absolute Gasteiger partial charge is 0.271 e. The number of halogens is 2. The van der Waals surface area contributed by atoms with Gasteiger partial charge in [-0.25, -0.2) is 8.78 Å². The van der Waals surface area contributed by atoms with Crippen LogP contribution in [0, 0.1) is 30.4 Å². The number of hydrogen-bond donors (Lipinski definition) is 2. The van der Waals surface area contributed by atoms with E-state index in [4.69, 9.17) is 5.84 Å². The molecule has 4 heteroatoms. The Kier molecular flexibility index (Phi) is 5.88. The molecule has 0 aliphatic heterocycles. The predicted molar refractivity (Wildman–Crippen MR) is 74.4 cm³/mol. The summed E-state index contributed by atoms with van der Waals surface area (Å²) in [5.74, 6) is 5.48. The summed E-state index contributed by atoms with van der Waals surface area (Å²) >= 11 is 0. The first-order valence-corrected chi connectivity index (χ1v) is 6.76. The van der Waals surface area contributed by atoms with Crippen molar-refractivity contribution in [1.82, 2.24) is 5.43 Å². The second-order valence-electron chi connectivity index (χ2n) is 5.81. The molecule has 0 radical (unpaired) electrons. The summed E-state index contributed by atoms with van der Waals surface area (Å²) in [6.07, 6.45) is 1.79. The maximum Gasteiger partial charge on any atom is 0.130 e. The molecule has 2 nitrogen and oxygen atoms in total. The third-order valence-electron chi connectivity index (χ3n) is 3.37. The first kappa shape index (κ1) is 16.1. The Labute approximate surface area is 114 Å². The second kappa shape index (κ2) is 6.96. The van der Waals surface area contributed by atoms with Gasteiger partial charge in [0.25, 0.3) is 0 Å². The normalized spacial score (nSPS) is 14.7. The van der Waals surface area contributed by atoms with Crippen LogP contribution in [0.25, 0.3) is 0 Å². The van der Waals surface area contributed by atoms with Crippen LogP contribution in [-0.2, 0) is 0 Å². The first-order valence-electron chi connectivity index (χ1n) is 6.76. The van der Waals surface area contributed by atoms with E-state index in [1.54, 1.807) is 6.92 Å². The van der Waals surface area contributed by atoms with Gasteiger partial charge in [0.1, 0.15) is 11.6 Å². The van der Waals surface area contributed by atoms with Crippen molar-refractivity contribution in [3.63, 3.8) is 0 Å². The average molecular weight is 270 g/mol. The van der Waals surface area contributed by atoms with Crippen LogP contribution in [0.2, 0.25) is 0 Å². The van der Waals surface area contributed by atoms with E-state index in [1.165, 1.54) is 6.07 Å². The summed E-state index contributed by atoms with van der Waals surface area (Å²) in [7, 11) is 0. The SMILES string of the molecule is Cc1cc(C(CC(C)CC(C)C)NN)c(F)cc1F. The van der Waals surface area contributed by atoms with Crippen LogP contribution in [-0.4, -0.2) is 0 Å². The molecule has 2 unspecified atom stereocenters. The van der Waals surface area contributed by atoms with Crippen LogP contribution in [0.3, 0.4) is 0 Å². The van der Waals surface area contributed by atoms with Gasteiger partial charge in [0, 0.05) is 17.7 Å². The fourth-order valence-corrected chi connectivity index (χ4v) is 2.53. The monoisotopic (exact) mass is 270 g/mol. The molecule has 0 spiro atoms. The third-order valence-corrected chi connectivity index (χ3v) is 3.37. The molecule has 1 aromatic carbocycles. The average Bonchev–Trinajstić information content (AvgIpc) is 2.30. The zero-order valence-corrected chi connectivity index (χ0v) is 12.1. The lowest BCUT2D eigenvalue weighted by Gasteiger charge is -2.22. The molecule has 2 atom stereocenters. The Morgan fingerprint density at radius 1 is 1.11 bits per heavy atom. The zero-order chi connectivity index (χ0) is 14.6. The molecule has 0 bridgehead atoms. The van der Waals surface area contributed by atoms with E-state index < -0.39 is 11.6 Å². The fraction of sp³-hybridized carbons (Fsp3) is 0.600.